The normalized spacial score (nSPS) is 20.1. The molecular formula is C14H20F2N2O2. The number of piperazine rings is 1. The summed E-state index contributed by atoms with van der Waals surface area (Å²) in [4.78, 5) is 2.29. The van der Waals surface area contributed by atoms with E-state index in [1.807, 2.05) is 6.07 Å². The summed E-state index contributed by atoms with van der Waals surface area (Å²) in [6.07, 6.45) is 0. The van der Waals surface area contributed by atoms with Crippen LogP contribution in [0.4, 0.5) is 8.78 Å². The van der Waals surface area contributed by atoms with Crippen LogP contribution in [0.15, 0.2) is 18.2 Å². The molecule has 0 bridgehead atoms. The van der Waals surface area contributed by atoms with Crippen molar-refractivity contribution >= 4 is 0 Å². The van der Waals surface area contributed by atoms with Gasteiger partial charge >= 0.3 is 6.61 Å². The Labute approximate surface area is 117 Å². The van der Waals surface area contributed by atoms with Crippen LogP contribution in [0.2, 0.25) is 0 Å². The number of nitrogens with zero attached hydrogens (tertiary/aromatic N) is 1. The highest BCUT2D eigenvalue weighted by atomic mass is 19.3. The summed E-state index contributed by atoms with van der Waals surface area (Å²) in [5, 5.41) is 3.37. The van der Waals surface area contributed by atoms with Gasteiger partial charge in [-0.2, -0.15) is 8.78 Å². The number of hydrogen-bond acceptors (Lipinski definition) is 4. The van der Waals surface area contributed by atoms with Crippen LogP contribution in [-0.2, 0) is 6.54 Å². The molecule has 0 aliphatic carbocycles. The molecule has 1 heterocycles. The lowest BCUT2D eigenvalue weighted by atomic mass is 10.1. The van der Waals surface area contributed by atoms with Gasteiger partial charge in [0.1, 0.15) is 0 Å². The highest BCUT2D eigenvalue weighted by Crippen LogP contribution is 2.30. The molecule has 1 aromatic carbocycles. The standard InChI is InChI=1S/C14H20F2N2O2/c1-10-8-18(6-5-17-10)9-11-3-4-12(19-2)13(7-11)20-14(15)16/h3-4,7,10,14,17H,5-6,8-9H2,1-2H3/t10-/m1/s1. The topological polar surface area (TPSA) is 33.7 Å². The molecule has 0 saturated carbocycles. The number of hydrogen-bond donors (Lipinski definition) is 1. The molecule has 112 valence electrons. The first-order chi connectivity index (χ1) is 9.58. The second-order valence-corrected chi connectivity index (χ2v) is 4.95. The third-order valence-electron chi connectivity index (χ3n) is 3.30. The minimum Gasteiger partial charge on any atom is -0.493 e. The van der Waals surface area contributed by atoms with Gasteiger partial charge in [0.15, 0.2) is 11.5 Å². The third-order valence-corrected chi connectivity index (χ3v) is 3.30. The number of ether oxygens (including phenoxy) is 2. The number of methoxy groups -OCH3 is 1. The van der Waals surface area contributed by atoms with E-state index in [0.29, 0.717) is 11.8 Å². The van der Waals surface area contributed by atoms with Gasteiger partial charge in [0, 0.05) is 32.2 Å². The number of nitrogens with one attached hydrogen (secondary N) is 1. The number of benzene rings is 1. The fourth-order valence-electron chi connectivity index (χ4n) is 2.42. The maximum atomic E-state index is 12.4. The average molecular weight is 286 g/mol. The molecule has 4 nitrogen and oxygen atoms in total. The molecule has 0 aromatic heterocycles. The van der Waals surface area contributed by atoms with E-state index in [9.17, 15) is 8.78 Å². The maximum Gasteiger partial charge on any atom is 0.387 e. The molecule has 1 aliphatic rings. The molecule has 2 rings (SSSR count). The van der Waals surface area contributed by atoms with E-state index < -0.39 is 6.61 Å². The van der Waals surface area contributed by atoms with E-state index in [0.717, 1.165) is 31.7 Å². The number of rotatable bonds is 5. The summed E-state index contributed by atoms with van der Waals surface area (Å²) >= 11 is 0. The van der Waals surface area contributed by atoms with Crippen LogP contribution in [0.5, 0.6) is 11.5 Å². The molecule has 0 radical (unpaired) electrons. The van der Waals surface area contributed by atoms with Crippen LogP contribution in [-0.4, -0.2) is 44.3 Å². The molecule has 0 unspecified atom stereocenters. The van der Waals surface area contributed by atoms with Crippen molar-refractivity contribution < 1.29 is 18.3 Å². The summed E-state index contributed by atoms with van der Waals surface area (Å²) in [5.41, 5.74) is 0.940. The Kier molecular flexibility index (Phi) is 5.14. The molecule has 0 amide bonds. The van der Waals surface area contributed by atoms with E-state index in [1.165, 1.54) is 7.11 Å². The lowest BCUT2D eigenvalue weighted by molar-refractivity contribution is -0.0512. The van der Waals surface area contributed by atoms with Crippen molar-refractivity contribution in [2.45, 2.75) is 26.1 Å². The zero-order valence-electron chi connectivity index (χ0n) is 11.7. The first-order valence-electron chi connectivity index (χ1n) is 6.66. The fourth-order valence-corrected chi connectivity index (χ4v) is 2.42. The van der Waals surface area contributed by atoms with Crippen LogP contribution in [0.3, 0.4) is 0 Å². The van der Waals surface area contributed by atoms with E-state index in [4.69, 9.17) is 4.74 Å². The molecule has 20 heavy (non-hydrogen) atoms. The van der Waals surface area contributed by atoms with Crippen molar-refractivity contribution in [2.75, 3.05) is 26.7 Å². The summed E-state index contributed by atoms with van der Waals surface area (Å²) in [6.45, 7) is 2.83. The SMILES string of the molecule is COc1ccc(CN2CCN[C@H](C)C2)cc1OC(F)F. The number of halogens is 2. The predicted molar refractivity (Wildman–Crippen MR) is 72.4 cm³/mol. The van der Waals surface area contributed by atoms with Gasteiger partial charge in [-0.3, -0.25) is 4.90 Å². The Morgan fingerprint density at radius 1 is 1.40 bits per heavy atom. The van der Waals surface area contributed by atoms with E-state index in [-0.39, 0.29) is 5.75 Å². The summed E-state index contributed by atoms with van der Waals surface area (Å²) in [6, 6.07) is 5.61. The van der Waals surface area contributed by atoms with Crippen LogP contribution < -0.4 is 14.8 Å². The quantitative estimate of drug-likeness (QED) is 0.898. The van der Waals surface area contributed by atoms with Crippen LogP contribution in [0.1, 0.15) is 12.5 Å². The second-order valence-electron chi connectivity index (χ2n) is 4.95. The second kappa shape index (κ2) is 6.85. The van der Waals surface area contributed by atoms with Gasteiger partial charge in [0.25, 0.3) is 0 Å². The number of alkyl halides is 2. The summed E-state index contributed by atoms with van der Waals surface area (Å²) in [7, 11) is 1.44. The average Bonchev–Trinajstić information content (AvgIpc) is 2.38. The fraction of sp³-hybridized carbons (Fsp3) is 0.571. The smallest absolute Gasteiger partial charge is 0.387 e. The maximum absolute atomic E-state index is 12.4. The van der Waals surface area contributed by atoms with Crippen molar-refractivity contribution in [3.8, 4) is 11.5 Å². The minimum atomic E-state index is -2.85. The summed E-state index contributed by atoms with van der Waals surface area (Å²) in [5.74, 6) is 0.408. The largest absolute Gasteiger partial charge is 0.493 e. The lowest BCUT2D eigenvalue weighted by Gasteiger charge is -2.31. The van der Waals surface area contributed by atoms with E-state index in [2.05, 4.69) is 21.9 Å². The van der Waals surface area contributed by atoms with Gasteiger partial charge in [0.2, 0.25) is 0 Å². The van der Waals surface area contributed by atoms with E-state index in [1.54, 1.807) is 12.1 Å². The predicted octanol–water partition coefficient (Wildman–Crippen LogP) is 2.09. The Hall–Kier alpha value is -1.40. The van der Waals surface area contributed by atoms with Crippen molar-refractivity contribution in [1.29, 1.82) is 0 Å². The molecular weight excluding hydrogens is 266 g/mol. The zero-order chi connectivity index (χ0) is 14.5. The minimum absolute atomic E-state index is 0.0863. The van der Waals surface area contributed by atoms with Crippen LogP contribution in [0.25, 0.3) is 0 Å². The molecule has 1 aromatic rings. The van der Waals surface area contributed by atoms with Crippen molar-refractivity contribution in [2.24, 2.45) is 0 Å². The van der Waals surface area contributed by atoms with Crippen molar-refractivity contribution in [1.82, 2.24) is 10.2 Å². The molecule has 6 heteroatoms. The Balaban J connectivity index is 2.07. The molecule has 1 atom stereocenters. The first kappa shape index (κ1) is 15.0. The van der Waals surface area contributed by atoms with Gasteiger partial charge in [-0.15, -0.1) is 0 Å². The van der Waals surface area contributed by atoms with E-state index >= 15 is 0 Å². The van der Waals surface area contributed by atoms with Crippen molar-refractivity contribution in [3.05, 3.63) is 23.8 Å². The molecule has 1 fully saturated rings. The molecule has 0 spiro atoms. The van der Waals surface area contributed by atoms with Gasteiger partial charge in [-0.1, -0.05) is 6.07 Å². The molecule has 1 saturated heterocycles. The van der Waals surface area contributed by atoms with Crippen LogP contribution in [0, 0.1) is 0 Å². The third kappa shape index (κ3) is 4.05. The van der Waals surface area contributed by atoms with Gasteiger partial charge in [-0.05, 0) is 24.6 Å². The Morgan fingerprint density at radius 3 is 2.85 bits per heavy atom. The first-order valence-corrected chi connectivity index (χ1v) is 6.66. The highest BCUT2D eigenvalue weighted by Gasteiger charge is 2.17. The summed E-state index contributed by atoms with van der Waals surface area (Å²) < 4.78 is 34.3. The molecule has 1 N–H and O–H groups in total. The monoisotopic (exact) mass is 286 g/mol. The van der Waals surface area contributed by atoms with Crippen LogP contribution >= 0.6 is 0 Å². The molecule has 1 aliphatic heterocycles. The lowest BCUT2D eigenvalue weighted by Crippen LogP contribution is -2.48. The van der Waals surface area contributed by atoms with Gasteiger partial charge in [0.05, 0.1) is 7.11 Å². The van der Waals surface area contributed by atoms with Gasteiger partial charge < -0.3 is 14.8 Å². The Morgan fingerprint density at radius 2 is 2.20 bits per heavy atom. The Bertz CT molecular complexity index is 443. The highest BCUT2D eigenvalue weighted by molar-refractivity contribution is 5.43. The van der Waals surface area contributed by atoms with Crippen molar-refractivity contribution in [3.63, 3.8) is 0 Å². The zero-order valence-corrected chi connectivity index (χ0v) is 11.7. The van der Waals surface area contributed by atoms with Gasteiger partial charge in [-0.25, -0.2) is 0 Å².